The standard InChI is InChI=1S/C12H15F3N2O2.ClH/c1-2-17-11(18)8-3-4-10(19-6-5-16)9(7-8)12(13,14)15;/h3-4,7H,2,5-6,16H2,1H3,(H,17,18);1H. The highest BCUT2D eigenvalue weighted by Crippen LogP contribution is 2.36. The zero-order valence-electron chi connectivity index (χ0n) is 10.8. The Hall–Kier alpha value is -1.47. The van der Waals surface area contributed by atoms with E-state index in [0.717, 1.165) is 12.1 Å². The van der Waals surface area contributed by atoms with E-state index in [2.05, 4.69) is 5.32 Å². The highest BCUT2D eigenvalue weighted by molar-refractivity contribution is 5.94. The number of carbonyl (C=O) groups excluding carboxylic acids is 1. The Kier molecular flexibility index (Phi) is 7.38. The van der Waals surface area contributed by atoms with Crippen LogP contribution in [0, 0.1) is 0 Å². The van der Waals surface area contributed by atoms with Crippen LogP contribution in [0.3, 0.4) is 0 Å². The number of rotatable bonds is 5. The maximum atomic E-state index is 12.9. The number of halogens is 4. The second-order valence-corrected chi connectivity index (χ2v) is 3.71. The largest absolute Gasteiger partial charge is 0.492 e. The van der Waals surface area contributed by atoms with Gasteiger partial charge < -0.3 is 15.8 Å². The number of benzene rings is 1. The van der Waals surface area contributed by atoms with E-state index in [1.54, 1.807) is 6.92 Å². The first-order valence-electron chi connectivity index (χ1n) is 5.72. The molecule has 114 valence electrons. The van der Waals surface area contributed by atoms with Crippen molar-refractivity contribution in [2.24, 2.45) is 5.73 Å². The molecule has 0 aromatic heterocycles. The second-order valence-electron chi connectivity index (χ2n) is 3.71. The predicted molar refractivity (Wildman–Crippen MR) is 71.2 cm³/mol. The average molecular weight is 313 g/mol. The van der Waals surface area contributed by atoms with Crippen molar-refractivity contribution in [2.45, 2.75) is 13.1 Å². The van der Waals surface area contributed by atoms with Crippen molar-refractivity contribution in [1.82, 2.24) is 5.32 Å². The molecule has 0 bridgehead atoms. The van der Waals surface area contributed by atoms with Crippen LogP contribution in [0.5, 0.6) is 5.75 Å². The summed E-state index contributed by atoms with van der Waals surface area (Å²) in [6, 6.07) is 3.19. The molecule has 0 aliphatic rings. The van der Waals surface area contributed by atoms with Gasteiger partial charge >= 0.3 is 6.18 Å². The number of nitrogens with one attached hydrogen (secondary N) is 1. The van der Waals surface area contributed by atoms with Crippen LogP contribution in [0.4, 0.5) is 13.2 Å². The highest BCUT2D eigenvalue weighted by Gasteiger charge is 2.35. The zero-order valence-corrected chi connectivity index (χ0v) is 11.6. The summed E-state index contributed by atoms with van der Waals surface area (Å²) in [4.78, 5) is 11.5. The number of hydrogen-bond acceptors (Lipinski definition) is 3. The fraction of sp³-hybridized carbons (Fsp3) is 0.417. The number of nitrogens with two attached hydrogens (primary N) is 1. The monoisotopic (exact) mass is 312 g/mol. The van der Waals surface area contributed by atoms with E-state index < -0.39 is 17.6 Å². The summed E-state index contributed by atoms with van der Waals surface area (Å²) in [6.07, 6.45) is -4.59. The molecule has 0 unspecified atom stereocenters. The molecule has 1 rings (SSSR count). The zero-order chi connectivity index (χ0) is 14.5. The normalized spacial score (nSPS) is 10.7. The van der Waals surface area contributed by atoms with Crippen LogP contribution in [0.25, 0.3) is 0 Å². The third-order valence-electron chi connectivity index (χ3n) is 2.26. The Morgan fingerprint density at radius 1 is 1.40 bits per heavy atom. The molecule has 0 spiro atoms. The first kappa shape index (κ1) is 18.5. The van der Waals surface area contributed by atoms with Gasteiger partial charge in [-0.25, -0.2) is 0 Å². The summed E-state index contributed by atoms with van der Waals surface area (Å²) in [7, 11) is 0. The molecule has 8 heteroatoms. The lowest BCUT2D eigenvalue weighted by atomic mass is 10.1. The molecule has 0 aliphatic heterocycles. The van der Waals surface area contributed by atoms with Crippen LogP contribution in [-0.4, -0.2) is 25.6 Å². The number of ether oxygens (including phenoxy) is 1. The first-order chi connectivity index (χ1) is 8.90. The van der Waals surface area contributed by atoms with Crippen LogP contribution < -0.4 is 15.8 Å². The van der Waals surface area contributed by atoms with E-state index in [1.165, 1.54) is 6.07 Å². The van der Waals surface area contributed by atoms with Crippen molar-refractivity contribution in [2.75, 3.05) is 19.7 Å². The molecule has 0 atom stereocenters. The van der Waals surface area contributed by atoms with Crippen molar-refractivity contribution in [3.05, 3.63) is 29.3 Å². The molecule has 0 fully saturated rings. The van der Waals surface area contributed by atoms with Gasteiger partial charge in [-0.15, -0.1) is 12.4 Å². The van der Waals surface area contributed by atoms with Crippen LogP contribution in [0.1, 0.15) is 22.8 Å². The maximum Gasteiger partial charge on any atom is 0.419 e. The predicted octanol–water partition coefficient (Wildman–Crippen LogP) is 2.21. The van der Waals surface area contributed by atoms with Crippen molar-refractivity contribution in [3.8, 4) is 5.75 Å². The summed E-state index contributed by atoms with van der Waals surface area (Å²) in [5.41, 5.74) is 4.14. The van der Waals surface area contributed by atoms with E-state index in [-0.39, 0.29) is 36.9 Å². The van der Waals surface area contributed by atoms with Gasteiger partial charge in [0.1, 0.15) is 12.4 Å². The van der Waals surface area contributed by atoms with Gasteiger partial charge in [-0.2, -0.15) is 13.2 Å². The molecule has 1 aromatic rings. The molecule has 0 radical (unpaired) electrons. The lowest BCUT2D eigenvalue weighted by Gasteiger charge is -2.14. The summed E-state index contributed by atoms with van der Waals surface area (Å²) in [5.74, 6) is -0.885. The minimum atomic E-state index is -4.59. The molecule has 1 aromatic carbocycles. The van der Waals surface area contributed by atoms with Crippen molar-refractivity contribution >= 4 is 18.3 Å². The first-order valence-corrected chi connectivity index (χ1v) is 5.72. The summed E-state index contributed by atoms with van der Waals surface area (Å²) >= 11 is 0. The molecule has 4 nitrogen and oxygen atoms in total. The average Bonchev–Trinajstić information content (AvgIpc) is 2.35. The fourth-order valence-electron chi connectivity index (χ4n) is 1.45. The van der Waals surface area contributed by atoms with E-state index in [1.807, 2.05) is 0 Å². The van der Waals surface area contributed by atoms with E-state index in [0.29, 0.717) is 6.54 Å². The lowest BCUT2D eigenvalue weighted by Crippen LogP contribution is -2.23. The molecule has 0 heterocycles. The summed E-state index contributed by atoms with van der Waals surface area (Å²) in [6.45, 7) is 2.10. The molecule has 0 saturated carbocycles. The van der Waals surface area contributed by atoms with Crippen LogP contribution in [0.2, 0.25) is 0 Å². The molecular formula is C12H16ClF3N2O2. The smallest absolute Gasteiger partial charge is 0.419 e. The third-order valence-corrected chi connectivity index (χ3v) is 2.26. The van der Waals surface area contributed by atoms with Gasteiger partial charge in [-0.3, -0.25) is 4.79 Å². The van der Waals surface area contributed by atoms with Crippen LogP contribution in [-0.2, 0) is 6.18 Å². The van der Waals surface area contributed by atoms with Gasteiger partial charge in [0.15, 0.2) is 0 Å². The van der Waals surface area contributed by atoms with Crippen LogP contribution >= 0.6 is 12.4 Å². The van der Waals surface area contributed by atoms with E-state index in [9.17, 15) is 18.0 Å². The van der Waals surface area contributed by atoms with Gasteiger partial charge in [0.2, 0.25) is 0 Å². The molecule has 3 N–H and O–H groups in total. The van der Waals surface area contributed by atoms with Gasteiger partial charge in [0.25, 0.3) is 5.91 Å². The van der Waals surface area contributed by atoms with E-state index in [4.69, 9.17) is 10.5 Å². The van der Waals surface area contributed by atoms with Gasteiger partial charge in [-0.1, -0.05) is 0 Å². The fourth-order valence-corrected chi connectivity index (χ4v) is 1.45. The quantitative estimate of drug-likeness (QED) is 0.876. The van der Waals surface area contributed by atoms with Gasteiger partial charge in [0, 0.05) is 18.7 Å². The Morgan fingerprint density at radius 3 is 2.55 bits per heavy atom. The Bertz CT molecular complexity index is 453. The minimum Gasteiger partial charge on any atom is -0.492 e. The summed E-state index contributed by atoms with van der Waals surface area (Å²) < 4.78 is 43.5. The highest BCUT2D eigenvalue weighted by atomic mass is 35.5. The Morgan fingerprint density at radius 2 is 2.05 bits per heavy atom. The number of alkyl halides is 3. The lowest BCUT2D eigenvalue weighted by molar-refractivity contribution is -0.138. The van der Waals surface area contributed by atoms with Crippen molar-refractivity contribution < 1.29 is 22.7 Å². The third kappa shape index (κ3) is 4.90. The molecule has 20 heavy (non-hydrogen) atoms. The number of carbonyl (C=O) groups is 1. The molecule has 0 saturated heterocycles. The molecular weight excluding hydrogens is 297 g/mol. The summed E-state index contributed by atoms with van der Waals surface area (Å²) in [5, 5.41) is 2.44. The minimum absolute atomic E-state index is 0. The van der Waals surface area contributed by atoms with Gasteiger partial charge in [-0.05, 0) is 25.1 Å². The van der Waals surface area contributed by atoms with E-state index >= 15 is 0 Å². The second kappa shape index (κ2) is 7.96. The Labute approximate surface area is 120 Å². The van der Waals surface area contributed by atoms with Crippen LogP contribution in [0.15, 0.2) is 18.2 Å². The SMILES string of the molecule is CCNC(=O)c1ccc(OCCN)c(C(F)(F)F)c1.Cl. The molecule has 0 aliphatic carbocycles. The topological polar surface area (TPSA) is 64.3 Å². The van der Waals surface area contributed by atoms with Crippen molar-refractivity contribution in [1.29, 1.82) is 0 Å². The number of amides is 1. The molecule has 1 amide bonds. The Balaban J connectivity index is 0.00000361. The number of hydrogen-bond donors (Lipinski definition) is 2. The van der Waals surface area contributed by atoms with Gasteiger partial charge in [0.05, 0.1) is 5.56 Å². The van der Waals surface area contributed by atoms with Crippen molar-refractivity contribution in [3.63, 3.8) is 0 Å². The maximum absolute atomic E-state index is 12.9.